The molecular weight excluding hydrogens is 442 g/mol. The Labute approximate surface area is 183 Å². The van der Waals surface area contributed by atoms with E-state index >= 15 is 0 Å². The number of sulfonamides is 1. The number of aromatic nitrogens is 1. The Kier molecular flexibility index (Phi) is 5.84. The average molecular weight is 466 g/mol. The summed E-state index contributed by atoms with van der Waals surface area (Å²) in [4.78, 5) is 25.0. The number of anilines is 1. The van der Waals surface area contributed by atoms with Crippen molar-refractivity contribution in [2.45, 2.75) is 36.9 Å². The molecule has 0 radical (unpaired) electrons. The van der Waals surface area contributed by atoms with Crippen molar-refractivity contribution in [3.8, 4) is 0 Å². The lowest BCUT2D eigenvalue weighted by atomic mass is 9.98. The van der Waals surface area contributed by atoms with Crippen molar-refractivity contribution in [2.24, 2.45) is 5.92 Å². The van der Waals surface area contributed by atoms with Gasteiger partial charge in [0.15, 0.2) is 0 Å². The summed E-state index contributed by atoms with van der Waals surface area (Å²) in [7, 11) is -3.56. The molecule has 30 heavy (non-hydrogen) atoms. The summed E-state index contributed by atoms with van der Waals surface area (Å²) in [5, 5.41) is 4.64. The number of carbonyl (C=O) groups is 1. The van der Waals surface area contributed by atoms with E-state index in [-0.39, 0.29) is 23.4 Å². The second kappa shape index (κ2) is 8.26. The van der Waals surface area contributed by atoms with Gasteiger partial charge in [-0.3, -0.25) is 14.2 Å². The third kappa shape index (κ3) is 3.96. The molecule has 10 heteroatoms. The molecule has 0 unspecified atom stereocenters. The number of rotatable bonds is 5. The average Bonchev–Trinajstić information content (AvgIpc) is 3.35. The van der Waals surface area contributed by atoms with Crippen molar-refractivity contribution in [3.63, 3.8) is 0 Å². The third-order valence-electron chi connectivity index (χ3n) is 5.24. The van der Waals surface area contributed by atoms with Crippen molar-refractivity contribution in [3.05, 3.63) is 45.4 Å². The smallest absolute Gasteiger partial charge is 0.308 e. The van der Waals surface area contributed by atoms with Gasteiger partial charge >= 0.3 is 4.87 Å². The number of hydrogen-bond donors (Lipinski definition) is 1. The standard InChI is InChI=1S/C20H23N3O4S3/c1-13(2)23-16-8-7-15(11-17(16)29-20(23)25)21-19(24)14-5-3-9-22(12-14)30(26,27)18-6-4-10-28-18/h4,6-8,10-11,13-14H,3,5,9,12H2,1-2H3,(H,21,24)/t14-/m0/s1. The van der Waals surface area contributed by atoms with Crippen LogP contribution in [0.2, 0.25) is 0 Å². The maximum absolute atomic E-state index is 12.8. The van der Waals surface area contributed by atoms with Crippen LogP contribution in [-0.2, 0) is 14.8 Å². The molecule has 1 aromatic carbocycles. The predicted octanol–water partition coefficient (Wildman–Crippen LogP) is 3.74. The Morgan fingerprint density at radius 1 is 1.27 bits per heavy atom. The van der Waals surface area contributed by atoms with Crippen LogP contribution in [0.1, 0.15) is 32.7 Å². The summed E-state index contributed by atoms with van der Waals surface area (Å²) in [5.74, 6) is -0.612. The number of thiophene rings is 1. The number of hydrogen-bond acceptors (Lipinski definition) is 6. The van der Waals surface area contributed by atoms with Crippen molar-refractivity contribution < 1.29 is 13.2 Å². The predicted molar refractivity (Wildman–Crippen MR) is 121 cm³/mol. The van der Waals surface area contributed by atoms with Gasteiger partial charge in [-0.05, 0) is 56.3 Å². The summed E-state index contributed by atoms with van der Waals surface area (Å²) in [6.45, 7) is 4.52. The third-order valence-corrected chi connectivity index (χ3v) is 9.40. The van der Waals surface area contributed by atoms with Gasteiger partial charge in [0, 0.05) is 24.8 Å². The molecule has 1 aliphatic rings. The zero-order valence-electron chi connectivity index (χ0n) is 16.7. The van der Waals surface area contributed by atoms with E-state index in [9.17, 15) is 18.0 Å². The molecule has 0 saturated carbocycles. The topological polar surface area (TPSA) is 88.5 Å². The Hall–Kier alpha value is -2.01. The molecule has 3 heterocycles. The highest BCUT2D eigenvalue weighted by molar-refractivity contribution is 7.91. The zero-order chi connectivity index (χ0) is 21.5. The quantitative estimate of drug-likeness (QED) is 0.622. The highest BCUT2D eigenvalue weighted by Gasteiger charge is 2.33. The first-order chi connectivity index (χ1) is 14.3. The first-order valence-electron chi connectivity index (χ1n) is 9.77. The van der Waals surface area contributed by atoms with Crippen LogP contribution < -0.4 is 10.2 Å². The van der Waals surface area contributed by atoms with E-state index in [1.54, 1.807) is 34.2 Å². The normalized spacial score (nSPS) is 18.2. The lowest BCUT2D eigenvalue weighted by Gasteiger charge is -2.30. The molecule has 1 atom stereocenters. The fourth-order valence-corrected chi connectivity index (χ4v) is 7.48. The number of piperidine rings is 1. The first kappa shape index (κ1) is 21.2. The number of benzene rings is 1. The molecule has 4 rings (SSSR count). The maximum atomic E-state index is 12.8. The number of thiazole rings is 1. The number of fused-ring (bicyclic) bond motifs is 1. The van der Waals surface area contributed by atoms with Crippen molar-refractivity contribution in [1.29, 1.82) is 0 Å². The van der Waals surface area contributed by atoms with Crippen molar-refractivity contribution in [1.82, 2.24) is 8.87 Å². The Morgan fingerprint density at radius 3 is 2.77 bits per heavy atom. The van der Waals surface area contributed by atoms with E-state index in [1.165, 1.54) is 15.6 Å². The SMILES string of the molecule is CC(C)n1c(=O)sc2cc(NC(=O)[C@H]3CCCN(S(=O)(=O)c4cccs4)C3)ccc21. The second-order valence-corrected chi connectivity index (χ2v) is 11.7. The monoisotopic (exact) mass is 465 g/mol. The fraction of sp³-hybridized carbons (Fsp3) is 0.400. The molecule has 0 aliphatic carbocycles. The van der Waals surface area contributed by atoms with E-state index in [1.807, 2.05) is 19.9 Å². The van der Waals surface area contributed by atoms with E-state index in [2.05, 4.69) is 5.32 Å². The number of carbonyl (C=O) groups excluding carboxylic acids is 1. The van der Waals surface area contributed by atoms with Crippen LogP contribution in [0.3, 0.4) is 0 Å². The molecule has 0 spiro atoms. The van der Waals surface area contributed by atoms with Crippen LogP contribution >= 0.6 is 22.7 Å². The number of nitrogens with one attached hydrogen (secondary N) is 1. The van der Waals surface area contributed by atoms with E-state index in [0.29, 0.717) is 29.3 Å². The summed E-state index contributed by atoms with van der Waals surface area (Å²) in [5.41, 5.74) is 1.46. The molecule has 1 fully saturated rings. The van der Waals surface area contributed by atoms with Gasteiger partial charge in [-0.25, -0.2) is 8.42 Å². The largest absolute Gasteiger partial charge is 0.326 e. The minimum absolute atomic E-state index is 0.0230. The Morgan fingerprint density at radius 2 is 2.07 bits per heavy atom. The van der Waals surface area contributed by atoms with Gasteiger partial charge in [0.2, 0.25) is 5.91 Å². The van der Waals surface area contributed by atoms with Crippen LogP contribution in [0.25, 0.3) is 10.2 Å². The van der Waals surface area contributed by atoms with E-state index in [4.69, 9.17) is 0 Å². The molecule has 160 valence electrons. The molecule has 0 bridgehead atoms. The van der Waals surface area contributed by atoms with Crippen molar-refractivity contribution in [2.75, 3.05) is 18.4 Å². The minimum atomic E-state index is -3.56. The highest BCUT2D eigenvalue weighted by Crippen LogP contribution is 2.28. The summed E-state index contributed by atoms with van der Waals surface area (Å²) >= 11 is 2.34. The van der Waals surface area contributed by atoms with Crippen LogP contribution in [0, 0.1) is 5.92 Å². The van der Waals surface area contributed by atoms with Gasteiger partial charge < -0.3 is 5.32 Å². The lowest BCUT2D eigenvalue weighted by molar-refractivity contribution is -0.120. The van der Waals surface area contributed by atoms with Gasteiger partial charge in [0.1, 0.15) is 4.21 Å². The molecule has 1 amide bonds. The fourth-order valence-electron chi connectivity index (χ4n) is 3.76. The molecule has 1 saturated heterocycles. The Balaban J connectivity index is 1.50. The van der Waals surface area contributed by atoms with Crippen LogP contribution in [0.15, 0.2) is 44.7 Å². The summed E-state index contributed by atoms with van der Waals surface area (Å²) < 4.78 is 29.8. The number of amides is 1. The van der Waals surface area contributed by atoms with Crippen LogP contribution in [0.5, 0.6) is 0 Å². The molecule has 2 aromatic heterocycles. The maximum Gasteiger partial charge on any atom is 0.308 e. The highest BCUT2D eigenvalue weighted by atomic mass is 32.2. The lowest BCUT2D eigenvalue weighted by Crippen LogP contribution is -2.43. The molecule has 3 aromatic rings. The Bertz CT molecular complexity index is 1230. The van der Waals surface area contributed by atoms with Gasteiger partial charge in [-0.2, -0.15) is 4.31 Å². The minimum Gasteiger partial charge on any atom is -0.326 e. The second-order valence-electron chi connectivity index (χ2n) is 7.64. The van der Waals surface area contributed by atoms with Crippen LogP contribution in [0.4, 0.5) is 5.69 Å². The molecule has 1 aliphatic heterocycles. The first-order valence-corrected chi connectivity index (χ1v) is 12.9. The van der Waals surface area contributed by atoms with Gasteiger partial charge in [0.25, 0.3) is 10.0 Å². The number of nitrogens with zero attached hydrogens (tertiary/aromatic N) is 2. The van der Waals surface area contributed by atoms with Gasteiger partial charge in [0.05, 0.1) is 16.1 Å². The molecular formula is C20H23N3O4S3. The van der Waals surface area contributed by atoms with Gasteiger partial charge in [-0.15, -0.1) is 11.3 Å². The van der Waals surface area contributed by atoms with Gasteiger partial charge in [-0.1, -0.05) is 17.4 Å². The summed E-state index contributed by atoms with van der Waals surface area (Å²) in [6, 6.07) is 8.80. The van der Waals surface area contributed by atoms with E-state index in [0.717, 1.165) is 21.6 Å². The summed E-state index contributed by atoms with van der Waals surface area (Å²) in [6.07, 6.45) is 1.28. The van der Waals surface area contributed by atoms with Crippen LogP contribution in [-0.4, -0.2) is 36.3 Å². The molecule has 1 N–H and O–H groups in total. The van der Waals surface area contributed by atoms with E-state index < -0.39 is 15.9 Å². The molecule has 7 nitrogen and oxygen atoms in total. The zero-order valence-corrected chi connectivity index (χ0v) is 19.1. The van der Waals surface area contributed by atoms with Crippen molar-refractivity contribution >= 4 is 54.5 Å².